The maximum Gasteiger partial charge on any atom is 0.151 e. The van der Waals surface area contributed by atoms with Crippen LogP contribution in [0.25, 0.3) is 0 Å². The topological polar surface area (TPSA) is 49.4 Å². The summed E-state index contributed by atoms with van der Waals surface area (Å²) in [6, 6.07) is 0.703. The lowest BCUT2D eigenvalue weighted by molar-refractivity contribution is 0.278. The molecule has 1 aliphatic carbocycles. The van der Waals surface area contributed by atoms with E-state index in [1.165, 1.54) is 32.1 Å². The van der Waals surface area contributed by atoms with E-state index in [2.05, 4.69) is 10.2 Å². The number of nitrogens with one attached hydrogen (secondary N) is 1. The van der Waals surface area contributed by atoms with Gasteiger partial charge in [-0.05, 0) is 25.8 Å². The molecule has 1 heterocycles. The molecular weight excluding hydrogens is 248 g/mol. The van der Waals surface area contributed by atoms with Crippen LogP contribution in [-0.4, -0.2) is 57.0 Å². The number of hydrogen-bond donors (Lipinski definition) is 1. The predicted molar refractivity (Wildman–Crippen MR) is 74.6 cm³/mol. The fourth-order valence-corrected chi connectivity index (χ4v) is 4.26. The zero-order valence-corrected chi connectivity index (χ0v) is 12.1. The van der Waals surface area contributed by atoms with Crippen molar-refractivity contribution < 1.29 is 8.42 Å². The third-order valence-electron chi connectivity index (χ3n) is 4.11. The average molecular weight is 274 g/mol. The van der Waals surface area contributed by atoms with Crippen LogP contribution >= 0.6 is 0 Å². The quantitative estimate of drug-likeness (QED) is 0.832. The summed E-state index contributed by atoms with van der Waals surface area (Å²) in [7, 11) is -2.76. The predicted octanol–water partition coefficient (Wildman–Crippen LogP) is 1.03. The van der Waals surface area contributed by atoms with E-state index in [4.69, 9.17) is 0 Å². The Morgan fingerprint density at radius 3 is 2.56 bits per heavy atom. The molecular formula is C13H26N2O2S. The van der Waals surface area contributed by atoms with Crippen molar-refractivity contribution in [3.8, 4) is 0 Å². The number of sulfone groups is 1. The van der Waals surface area contributed by atoms with Crippen molar-refractivity contribution in [2.75, 3.05) is 37.7 Å². The molecule has 0 unspecified atom stereocenters. The summed E-state index contributed by atoms with van der Waals surface area (Å²) in [6.45, 7) is 3.65. The van der Waals surface area contributed by atoms with Crippen molar-refractivity contribution in [2.24, 2.45) is 0 Å². The molecule has 2 rings (SSSR count). The first-order chi connectivity index (χ1) is 8.66. The molecule has 0 radical (unpaired) electrons. The van der Waals surface area contributed by atoms with Crippen molar-refractivity contribution in [3.63, 3.8) is 0 Å². The van der Waals surface area contributed by atoms with E-state index >= 15 is 0 Å². The molecule has 2 fully saturated rings. The van der Waals surface area contributed by atoms with Crippen LogP contribution < -0.4 is 5.32 Å². The van der Waals surface area contributed by atoms with Crippen LogP contribution in [0, 0.1) is 0 Å². The van der Waals surface area contributed by atoms with Crippen LogP contribution in [0.15, 0.2) is 0 Å². The highest BCUT2D eigenvalue weighted by atomic mass is 32.2. The van der Waals surface area contributed by atoms with Gasteiger partial charge in [0, 0.05) is 25.7 Å². The Kier molecular flexibility index (Phi) is 5.45. The van der Waals surface area contributed by atoms with Crippen molar-refractivity contribution in [2.45, 2.75) is 44.6 Å². The fraction of sp³-hybridized carbons (Fsp3) is 1.00. The molecule has 18 heavy (non-hydrogen) atoms. The minimum Gasteiger partial charge on any atom is -0.313 e. The lowest BCUT2D eigenvalue weighted by Gasteiger charge is -2.25. The monoisotopic (exact) mass is 274 g/mol. The zero-order valence-electron chi connectivity index (χ0n) is 11.2. The van der Waals surface area contributed by atoms with Crippen LogP contribution in [-0.2, 0) is 9.84 Å². The number of rotatable bonds is 4. The van der Waals surface area contributed by atoms with Gasteiger partial charge >= 0.3 is 0 Å². The largest absolute Gasteiger partial charge is 0.313 e. The summed E-state index contributed by atoms with van der Waals surface area (Å²) in [5.74, 6) is 0.718. The van der Waals surface area contributed by atoms with E-state index in [1.807, 2.05) is 0 Å². The van der Waals surface area contributed by atoms with E-state index in [0.29, 0.717) is 24.1 Å². The van der Waals surface area contributed by atoms with Gasteiger partial charge in [0.1, 0.15) is 0 Å². The third kappa shape index (κ3) is 4.86. The fourth-order valence-electron chi connectivity index (χ4n) is 2.95. The van der Waals surface area contributed by atoms with Crippen molar-refractivity contribution >= 4 is 9.84 Å². The van der Waals surface area contributed by atoms with Crippen LogP contribution in [0.1, 0.15) is 38.5 Å². The van der Waals surface area contributed by atoms with Gasteiger partial charge in [-0.1, -0.05) is 19.3 Å². The Morgan fingerprint density at radius 2 is 1.78 bits per heavy atom. The Labute approximate surface area is 111 Å². The second-order valence-electron chi connectivity index (χ2n) is 5.64. The van der Waals surface area contributed by atoms with Gasteiger partial charge in [0.2, 0.25) is 0 Å². The summed E-state index contributed by atoms with van der Waals surface area (Å²) in [5, 5.41) is 3.62. The zero-order chi connectivity index (χ0) is 12.8. The Morgan fingerprint density at radius 1 is 1.00 bits per heavy atom. The first-order valence-corrected chi connectivity index (χ1v) is 9.14. The molecule has 0 spiro atoms. The normalized spacial score (nSPS) is 26.9. The third-order valence-corrected chi connectivity index (χ3v) is 5.83. The van der Waals surface area contributed by atoms with Crippen LogP contribution in [0.5, 0.6) is 0 Å². The first kappa shape index (κ1) is 14.3. The van der Waals surface area contributed by atoms with Gasteiger partial charge in [-0.2, -0.15) is 0 Å². The van der Waals surface area contributed by atoms with Gasteiger partial charge in [0.15, 0.2) is 9.84 Å². The maximum atomic E-state index is 11.5. The molecule has 0 aromatic rings. The summed E-state index contributed by atoms with van der Waals surface area (Å²) in [6.07, 6.45) is 7.54. The smallest absolute Gasteiger partial charge is 0.151 e. The van der Waals surface area contributed by atoms with E-state index in [-0.39, 0.29) is 0 Å². The SMILES string of the molecule is O=S1(=O)CCCN(CCNC2CCCCC2)CC1. The summed E-state index contributed by atoms with van der Waals surface area (Å²) >= 11 is 0. The number of hydrogen-bond acceptors (Lipinski definition) is 4. The molecule has 106 valence electrons. The van der Waals surface area contributed by atoms with Gasteiger partial charge < -0.3 is 10.2 Å². The summed E-state index contributed by atoms with van der Waals surface area (Å²) in [4.78, 5) is 2.29. The van der Waals surface area contributed by atoms with E-state index < -0.39 is 9.84 Å². The Bertz CT molecular complexity index is 337. The molecule has 0 aromatic heterocycles. The minimum atomic E-state index is -2.76. The molecule has 2 aliphatic rings. The molecule has 0 atom stereocenters. The highest BCUT2D eigenvalue weighted by Gasteiger charge is 2.19. The van der Waals surface area contributed by atoms with Crippen LogP contribution in [0.4, 0.5) is 0 Å². The molecule has 4 nitrogen and oxygen atoms in total. The van der Waals surface area contributed by atoms with Gasteiger partial charge in [-0.25, -0.2) is 8.42 Å². The highest BCUT2D eigenvalue weighted by molar-refractivity contribution is 7.91. The second-order valence-corrected chi connectivity index (χ2v) is 7.94. The lowest BCUT2D eigenvalue weighted by Crippen LogP contribution is -2.39. The molecule has 1 aliphatic heterocycles. The first-order valence-electron chi connectivity index (χ1n) is 7.32. The Balaban J connectivity index is 1.64. The van der Waals surface area contributed by atoms with Gasteiger partial charge in [-0.3, -0.25) is 0 Å². The number of nitrogens with zero attached hydrogens (tertiary/aromatic N) is 1. The van der Waals surface area contributed by atoms with Crippen LogP contribution in [0.3, 0.4) is 0 Å². The maximum absolute atomic E-state index is 11.5. The van der Waals surface area contributed by atoms with E-state index in [1.54, 1.807) is 0 Å². The Hall–Kier alpha value is -0.130. The molecule has 0 amide bonds. The van der Waals surface area contributed by atoms with Crippen molar-refractivity contribution in [1.82, 2.24) is 10.2 Å². The van der Waals surface area contributed by atoms with E-state index in [0.717, 1.165) is 26.1 Å². The summed E-state index contributed by atoms with van der Waals surface area (Å²) < 4.78 is 23.0. The molecule has 1 saturated heterocycles. The molecule has 1 N–H and O–H groups in total. The minimum absolute atomic E-state index is 0.344. The van der Waals surface area contributed by atoms with Gasteiger partial charge in [-0.15, -0.1) is 0 Å². The second kappa shape index (κ2) is 6.87. The highest BCUT2D eigenvalue weighted by Crippen LogP contribution is 2.17. The van der Waals surface area contributed by atoms with Crippen molar-refractivity contribution in [3.05, 3.63) is 0 Å². The standard InChI is InChI=1S/C13H26N2O2S/c16-18(17)11-4-8-15(10-12-18)9-7-14-13-5-2-1-3-6-13/h13-14H,1-12H2. The molecule has 5 heteroatoms. The molecule has 0 aromatic carbocycles. The van der Waals surface area contributed by atoms with Crippen LogP contribution in [0.2, 0.25) is 0 Å². The van der Waals surface area contributed by atoms with E-state index in [9.17, 15) is 8.42 Å². The molecule has 0 bridgehead atoms. The van der Waals surface area contributed by atoms with Gasteiger partial charge in [0.05, 0.1) is 11.5 Å². The average Bonchev–Trinajstić information content (AvgIpc) is 2.52. The molecule has 1 saturated carbocycles. The van der Waals surface area contributed by atoms with Gasteiger partial charge in [0.25, 0.3) is 0 Å². The van der Waals surface area contributed by atoms with Crippen molar-refractivity contribution in [1.29, 1.82) is 0 Å². The summed E-state index contributed by atoms with van der Waals surface area (Å²) in [5.41, 5.74) is 0. The lowest BCUT2D eigenvalue weighted by atomic mass is 9.95.